The molecule has 0 saturated heterocycles. The van der Waals surface area contributed by atoms with Gasteiger partial charge in [0.1, 0.15) is 11.8 Å². The lowest BCUT2D eigenvalue weighted by molar-refractivity contribution is -0.138. The van der Waals surface area contributed by atoms with E-state index < -0.39 is 11.4 Å². The molecule has 0 spiro atoms. The zero-order valence-corrected chi connectivity index (χ0v) is 15.1. The Morgan fingerprint density at radius 2 is 2.12 bits per heavy atom. The van der Waals surface area contributed by atoms with E-state index in [9.17, 15) is 9.35 Å². The van der Waals surface area contributed by atoms with Crippen molar-refractivity contribution in [3.8, 4) is 0 Å². The summed E-state index contributed by atoms with van der Waals surface area (Å²) in [5, 5.41) is 0. The van der Waals surface area contributed by atoms with E-state index in [1.54, 1.807) is 6.92 Å². The molecule has 1 aliphatic rings. The van der Waals surface area contributed by atoms with E-state index in [1.807, 2.05) is 52.9 Å². The van der Waals surface area contributed by atoms with Gasteiger partial charge in [0.15, 0.2) is 0 Å². The summed E-state index contributed by atoms with van der Waals surface area (Å²) < 4.78 is 19.6. The number of carbonyl (C=O) groups excluding carboxylic acids is 1. The molecule has 24 heavy (non-hydrogen) atoms. The van der Waals surface area contributed by atoms with Crippen molar-refractivity contribution in [2.45, 2.75) is 32.7 Å². The van der Waals surface area contributed by atoms with E-state index in [1.165, 1.54) is 0 Å². The van der Waals surface area contributed by atoms with E-state index >= 15 is 0 Å². The molecule has 0 bridgehead atoms. The van der Waals surface area contributed by atoms with Crippen molar-refractivity contribution in [2.75, 3.05) is 18.9 Å². The maximum atomic E-state index is 12.6. The Balaban J connectivity index is 2.17. The number of benzene rings is 1. The first-order valence-electron chi connectivity index (χ1n) is 8.43. The molecule has 0 aliphatic carbocycles. The average molecular weight is 347 g/mol. The summed E-state index contributed by atoms with van der Waals surface area (Å²) in [6.07, 6.45) is 7.65. The number of hydrogen-bond donors (Lipinski definition) is 0. The molecule has 0 amide bonds. The molecule has 1 aliphatic heterocycles. The second-order valence-electron chi connectivity index (χ2n) is 5.57. The normalized spacial score (nSPS) is 19.5. The fourth-order valence-corrected chi connectivity index (χ4v) is 4.01. The number of rotatable bonds is 8. The minimum Gasteiger partial charge on any atom is -0.598 e. The van der Waals surface area contributed by atoms with Crippen molar-refractivity contribution in [1.29, 1.82) is 0 Å². The van der Waals surface area contributed by atoms with Crippen molar-refractivity contribution in [3.63, 3.8) is 0 Å². The van der Waals surface area contributed by atoms with Crippen LogP contribution in [0.1, 0.15) is 32.3 Å². The summed E-state index contributed by atoms with van der Waals surface area (Å²) in [5.41, 5.74) is 1.63. The van der Waals surface area contributed by atoms with E-state index in [4.69, 9.17) is 4.74 Å². The standard InChI is InChI=1S/C19H25NO3S/c1-3-5-15-24(22)20-14-13-17(19(21)23-4-2)18(20)12-11-16-9-7-6-8-10-16/h6-13,18H,3-5,14-15H2,1-2H3/b12-11+/t18-,24?/m1/s1. The van der Waals surface area contributed by atoms with Crippen LogP contribution in [-0.2, 0) is 20.9 Å². The topological polar surface area (TPSA) is 52.6 Å². The van der Waals surface area contributed by atoms with Crippen LogP contribution in [-0.4, -0.2) is 39.8 Å². The third-order valence-electron chi connectivity index (χ3n) is 3.84. The second kappa shape index (κ2) is 9.67. The molecule has 1 unspecified atom stereocenters. The van der Waals surface area contributed by atoms with Crippen LogP contribution in [0.2, 0.25) is 0 Å². The molecule has 0 fully saturated rings. The van der Waals surface area contributed by atoms with Gasteiger partial charge in [0, 0.05) is 11.4 Å². The molecule has 0 saturated carbocycles. The first kappa shape index (κ1) is 18.8. The summed E-state index contributed by atoms with van der Waals surface area (Å²) in [6.45, 7) is 4.72. The highest BCUT2D eigenvalue weighted by Gasteiger charge is 2.37. The summed E-state index contributed by atoms with van der Waals surface area (Å²) >= 11 is -1.10. The second-order valence-corrected chi connectivity index (χ2v) is 7.09. The van der Waals surface area contributed by atoms with E-state index in [0.29, 0.717) is 24.5 Å². The van der Waals surface area contributed by atoms with Gasteiger partial charge in [-0.1, -0.05) is 61.9 Å². The first-order valence-corrected chi connectivity index (χ1v) is 9.70. The molecule has 0 radical (unpaired) electrons. The Morgan fingerprint density at radius 1 is 1.38 bits per heavy atom. The van der Waals surface area contributed by atoms with E-state index in [-0.39, 0.29) is 12.0 Å². The third kappa shape index (κ3) is 4.97. The van der Waals surface area contributed by atoms with Gasteiger partial charge in [0.25, 0.3) is 0 Å². The molecule has 0 N–H and O–H groups in total. The number of hydrogen-bond acceptors (Lipinski definition) is 4. The van der Waals surface area contributed by atoms with Gasteiger partial charge in [0.05, 0.1) is 18.7 Å². The lowest BCUT2D eigenvalue weighted by Gasteiger charge is -2.25. The first-order chi connectivity index (χ1) is 11.7. The monoisotopic (exact) mass is 347 g/mol. The maximum absolute atomic E-state index is 12.6. The van der Waals surface area contributed by atoms with E-state index in [0.717, 1.165) is 18.4 Å². The zero-order chi connectivity index (χ0) is 17.4. The van der Waals surface area contributed by atoms with Crippen LogP contribution in [0.25, 0.3) is 6.08 Å². The van der Waals surface area contributed by atoms with Gasteiger partial charge in [-0.05, 0) is 18.9 Å². The summed E-state index contributed by atoms with van der Waals surface area (Å²) in [6, 6.07) is 9.58. The van der Waals surface area contributed by atoms with Crippen LogP contribution >= 0.6 is 0 Å². The Bertz CT molecular complexity index is 586. The smallest absolute Gasteiger partial charge is 0.335 e. The Hall–Kier alpha value is -1.56. The summed E-state index contributed by atoms with van der Waals surface area (Å²) in [5.74, 6) is 0.297. The largest absolute Gasteiger partial charge is 0.598 e. The average Bonchev–Trinajstić information content (AvgIpc) is 3.03. The predicted octanol–water partition coefficient (Wildman–Crippen LogP) is 3.34. The number of esters is 1. The quantitative estimate of drug-likeness (QED) is 0.535. The van der Waals surface area contributed by atoms with Gasteiger partial charge >= 0.3 is 5.97 Å². The van der Waals surface area contributed by atoms with Crippen molar-refractivity contribution in [2.24, 2.45) is 0 Å². The summed E-state index contributed by atoms with van der Waals surface area (Å²) in [4.78, 5) is 12.2. The maximum Gasteiger partial charge on any atom is 0.335 e. The SMILES string of the molecule is CCCC[S+]([O-])N1CC=C(C(=O)OCC)[C@H]1/C=C/c1ccccc1. The van der Waals surface area contributed by atoms with Crippen molar-refractivity contribution in [1.82, 2.24) is 4.31 Å². The minimum atomic E-state index is -1.10. The third-order valence-corrected chi connectivity index (χ3v) is 5.37. The van der Waals surface area contributed by atoms with Crippen molar-refractivity contribution >= 4 is 23.4 Å². The van der Waals surface area contributed by atoms with Gasteiger partial charge < -0.3 is 9.29 Å². The molecule has 130 valence electrons. The molecule has 1 aromatic rings. The van der Waals surface area contributed by atoms with Crippen molar-refractivity contribution < 1.29 is 14.1 Å². The molecule has 0 aromatic heterocycles. The molecule has 1 aromatic carbocycles. The summed E-state index contributed by atoms with van der Waals surface area (Å²) in [7, 11) is 0. The van der Waals surface area contributed by atoms with Crippen LogP contribution in [0.3, 0.4) is 0 Å². The lowest BCUT2D eigenvalue weighted by Crippen LogP contribution is -2.39. The van der Waals surface area contributed by atoms with Crippen LogP contribution in [0.5, 0.6) is 0 Å². The van der Waals surface area contributed by atoms with Gasteiger partial charge in [0.2, 0.25) is 0 Å². The number of carbonyl (C=O) groups is 1. The number of unbranched alkanes of at least 4 members (excludes halogenated alkanes) is 1. The van der Waals surface area contributed by atoms with E-state index in [2.05, 4.69) is 6.92 Å². The van der Waals surface area contributed by atoms with Gasteiger partial charge in [-0.15, -0.1) is 4.31 Å². The fraction of sp³-hybridized carbons (Fsp3) is 0.421. The highest BCUT2D eigenvalue weighted by molar-refractivity contribution is 7.89. The molecular formula is C19H25NO3S. The molecule has 2 rings (SSSR count). The van der Waals surface area contributed by atoms with Gasteiger partial charge in [-0.25, -0.2) is 4.79 Å². The minimum absolute atomic E-state index is 0.304. The number of nitrogens with zero attached hydrogens (tertiary/aromatic N) is 1. The van der Waals surface area contributed by atoms with Crippen LogP contribution in [0.4, 0.5) is 0 Å². The van der Waals surface area contributed by atoms with Crippen LogP contribution in [0, 0.1) is 0 Å². The van der Waals surface area contributed by atoms with Gasteiger partial charge in [-0.3, -0.25) is 0 Å². The predicted molar refractivity (Wildman–Crippen MR) is 98.6 cm³/mol. The number of ether oxygens (including phenoxy) is 1. The Kier molecular flexibility index (Phi) is 7.56. The molecule has 5 heteroatoms. The molecule has 4 nitrogen and oxygen atoms in total. The van der Waals surface area contributed by atoms with Crippen LogP contribution < -0.4 is 0 Å². The Labute approximate surface area is 147 Å². The molecule has 1 heterocycles. The van der Waals surface area contributed by atoms with Gasteiger partial charge in [-0.2, -0.15) is 0 Å². The Morgan fingerprint density at radius 3 is 2.79 bits per heavy atom. The zero-order valence-electron chi connectivity index (χ0n) is 14.3. The van der Waals surface area contributed by atoms with Crippen LogP contribution in [0.15, 0.2) is 48.1 Å². The lowest BCUT2D eigenvalue weighted by atomic mass is 10.1. The van der Waals surface area contributed by atoms with Crippen molar-refractivity contribution in [3.05, 3.63) is 53.6 Å². The highest BCUT2D eigenvalue weighted by atomic mass is 32.2. The molecular weight excluding hydrogens is 322 g/mol. The molecule has 2 atom stereocenters. The fourth-order valence-electron chi connectivity index (χ4n) is 2.56. The highest BCUT2D eigenvalue weighted by Crippen LogP contribution is 2.26.